The summed E-state index contributed by atoms with van der Waals surface area (Å²) in [6, 6.07) is 14.8. The number of carbonyl (C=O) groups excluding carboxylic acids is 2. The van der Waals surface area contributed by atoms with Crippen LogP contribution in [0.25, 0.3) is 0 Å². The van der Waals surface area contributed by atoms with Gasteiger partial charge in [0.15, 0.2) is 5.78 Å². The predicted molar refractivity (Wildman–Crippen MR) is 133 cm³/mol. The molecule has 3 aliphatic rings. The van der Waals surface area contributed by atoms with Crippen LogP contribution in [0.3, 0.4) is 0 Å². The minimum absolute atomic E-state index is 0. The van der Waals surface area contributed by atoms with Crippen LogP contribution in [0.15, 0.2) is 71.5 Å². The van der Waals surface area contributed by atoms with Crippen LogP contribution in [-0.2, 0) is 17.1 Å². The second-order valence-electron chi connectivity index (χ2n) is 8.05. The van der Waals surface area contributed by atoms with Gasteiger partial charge in [0.2, 0.25) is 5.78 Å². The number of carbonyl (C=O) groups is 2. The monoisotopic (exact) mass is 487 g/mol. The third-order valence-electron chi connectivity index (χ3n) is 5.30. The summed E-state index contributed by atoms with van der Waals surface area (Å²) in [6.07, 6.45) is 19.9. The maximum atomic E-state index is 13.1. The van der Waals surface area contributed by atoms with Gasteiger partial charge < -0.3 is 5.32 Å². The number of anilines is 1. The molecule has 0 bridgehead atoms. The topological polar surface area (TPSA) is 46.2 Å². The minimum Gasteiger partial charge on any atom is -0.352 e. The Kier molecular flexibility index (Phi) is 9.50. The predicted octanol–water partition coefficient (Wildman–Crippen LogP) is 6.17. The Bertz CT molecular complexity index is 1060. The Morgan fingerprint density at radius 2 is 1.24 bits per heavy atom. The molecule has 0 amide bonds. The summed E-state index contributed by atoms with van der Waals surface area (Å²) in [7, 11) is 0. The van der Waals surface area contributed by atoms with Crippen LogP contribution in [0.4, 0.5) is 5.69 Å². The molecular formula is C30H25FeNO2+2. The first-order valence-corrected chi connectivity index (χ1v) is 10.9. The summed E-state index contributed by atoms with van der Waals surface area (Å²) in [4.78, 5) is 26.1. The average molecular weight is 487 g/mol. The molecule has 0 aliphatic heterocycles. The van der Waals surface area contributed by atoms with E-state index in [1.807, 2.05) is 83.1 Å². The van der Waals surface area contributed by atoms with E-state index >= 15 is 0 Å². The molecule has 0 aromatic heterocycles. The van der Waals surface area contributed by atoms with Gasteiger partial charge in [0, 0.05) is 22.7 Å². The van der Waals surface area contributed by atoms with Gasteiger partial charge in [-0.2, -0.15) is 0 Å². The zero-order chi connectivity index (χ0) is 23.2. The smallest absolute Gasteiger partial charge is 0.352 e. The molecule has 1 N–H and O–H groups in total. The van der Waals surface area contributed by atoms with Crippen molar-refractivity contribution < 1.29 is 26.7 Å². The van der Waals surface area contributed by atoms with Crippen LogP contribution in [0.1, 0.15) is 40.1 Å². The van der Waals surface area contributed by atoms with Gasteiger partial charge >= 0.3 is 17.1 Å². The van der Waals surface area contributed by atoms with Gasteiger partial charge in [-0.3, -0.25) is 9.59 Å². The third-order valence-corrected chi connectivity index (χ3v) is 5.30. The minimum atomic E-state index is -0.164. The van der Waals surface area contributed by atoms with Crippen molar-refractivity contribution in [2.75, 3.05) is 5.32 Å². The fraction of sp³-hybridized carbons (Fsp3) is 0.0667. The van der Waals surface area contributed by atoms with Crippen LogP contribution >= 0.6 is 0 Å². The quantitative estimate of drug-likeness (QED) is 0.525. The molecule has 0 spiro atoms. The SMILES string of the molecule is CC(C)=CC1=C(Nc2ccc([C]3[CH][CH][CH][CH]3)cc2)C(=O)c2ccccc2C1=O.[CH]1[CH][CH][CH][CH]1.[Fe+2]. The van der Waals surface area contributed by atoms with E-state index in [2.05, 4.69) is 18.2 Å². The molecule has 0 unspecified atom stereocenters. The molecule has 2 aromatic carbocycles. The summed E-state index contributed by atoms with van der Waals surface area (Å²) in [5.41, 5.74) is 4.46. The molecule has 2 saturated carbocycles. The van der Waals surface area contributed by atoms with E-state index in [0.29, 0.717) is 22.4 Å². The maximum Gasteiger partial charge on any atom is 2.00 e. The Labute approximate surface area is 214 Å². The van der Waals surface area contributed by atoms with Gasteiger partial charge in [0.25, 0.3) is 0 Å². The van der Waals surface area contributed by atoms with E-state index in [1.165, 1.54) is 0 Å². The Balaban J connectivity index is 0.000000481. The molecule has 0 saturated heterocycles. The fourth-order valence-electron chi connectivity index (χ4n) is 3.72. The number of fused-ring (bicyclic) bond motifs is 1. The van der Waals surface area contributed by atoms with E-state index in [-0.39, 0.29) is 28.6 Å². The van der Waals surface area contributed by atoms with Crippen LogP contribution in [0.5, 0.6) is 0 Å². The number of Topliss-reactive ketones (excluding diaryl/α,β-unsaturated/α-hetero) is 2. The van der Waals surface area contributed by atoms with Crippen molar-refractivity contribution in [3.05, 3.63) is 152 Å². The number of hydrogen-bond donors (Lipinski definition) is 1. The summed E-state index contributed by atoms with van der Waals surface area (Å²) < 4.78 is 0. The van der Waals surface area contributed by atoms with E-state index < -0.39 is 0 Å². The summed E-state index contributed by atoms with van der Waals surface area (Å²) >= 11 is 0. The van der Waals surface area contributed by atoms with Gasteiger partial charge in [-0.1, -0.05) is 48.0 Å². The van der Waals surface area contributed by atoms with Crippen LogP contribution in [-0.4, -0.2) is 11.6 Å². The second kappa shape index (κ2) is 12.3. The Morgan fingerprint density at radius 1 is 0.706 bits per heavy atom. The summed E-state index contributed by atoms with van der Waals surface area (Å²) in [5, 5.41) is 3.19. The average Bonchev–Trinajstić information content (AvgIpc) is 3.57. The van der Waals surface area contributed by atoms with Crippen molar-refractivity contribution in [1.82, 2.24) is 0 Å². The maximum absolute atomic E-state index is 13.1. The van der Waals surface area contributed by atoms with Crippen molar-refractivity contribution in [2.24, 2.45) is 0 Å². The number of benzene rings is 2. The molecule has 10 radical (unpaired) electrons. The molecule has 4 heteroatoms. The Morgan fingerprint density at radius 3 is 1.76 bits per heavy atom. The first-order valence-electron chi connectivity index (χ1n) is 10.9. The van der Waals surface area contributed by atoms with Gasteiger partial charge in [-0.25, -0.2) is 0 Å². The van der Waals surface area contributed by atoms with Crippen LogP contribution in [0, 0.1) is 63.7 Å². The summed E-state index contributed by atoms with van der Waals surface area (Å²) in [5.74, 6) is 0.851. The molecule has 2 aromatic rings. The molecular weight excluding hydrogens is 462 g/mol. The van der Waals surface area contributed by atoms with Crippen molar-refractivity contribution in [2.45, 2.75) is 13.8 Å². The molecule has 3 aliphatic carbocycles. The number of allylic oxidation sites excluding steroid dienone is 4. The van der Waals surface area contributed by atoms with Gasteiger partial charge in [0.1, 0.15) is 0 Å². The van der Waals surface area contributed by atoms with Crippen LogP contribution in [0.2, 0.25) is 0 Å². The standard InChI is InChI=1S/C25H20NO2.C5H5.Fe/c1-16(2)15-22-23(25(28)21-10-6-5-9-20(21)24(22)27)26-19-13-11-18(12-14-19)17-7-3-4-8-17;1-2-4-5-3-1;/h3-15,26H,1-2H3;1-5H;/q;;+2. The molecule has 5 rings (SSSR count). The Hall–Kier alpha value is -2.42. The fourth-order valence-corrected chi connectivity index (χ4v) is 3.72. The van der Waals surface area contributed by atoms with E-state index in [4.69, 9.17) is 0 Å². The zero-order valence-corrected chi connectivity index (χ0v) is 20.2. The van der Waals surface area contributed by atoms with Crippen molar-refractivity contribution >= 4 is 17.3 Å². The molecule has 168 valence electrons. The van der Waals surface area contributed by atoms with Crippen molar-refractivity contribution in [1.29, 1.82) is 0 Å². The number of rotatable bonds is 4. The van der Waals surface area contributed by atoms with Gasteiger partial charge in [0.05, 0.1) is 11.3 Å². The van der Waals surface area contributed by atoms with E-state index in [9.17, 15) is 9.59 Å². The normalized spacial score (nSPS) is 17.5. The van der Waals surface area contributed by atoms with Crippen LogP contribution < -0.4 is 5.32 Å². The van der Waals surface area contributed by atoms with E-state index in [1.54, 1.807) is 30.3 Å². The first-order chi connectivity index (χ1) is 16.0. The second-order valence-corrected chi connectivity index (χ2v) is 8.05. The molecule has 0 heterocycles. The molecule has 3 nitrogen and oxygen atoms in total. The number of nitrogens with one attached hydrogen (secondary N) is 1. The summed E-state index contributed by atoms with van der Waals surface area (Å²) in [6.45, 7) is 3.83. The van der Waals surface area contributed by atoms with E-state index in [0.717, 1.165) is 22.7 Å². The molecule has 34 heavy (non-hydrogen) atoms. The first kappa shape index (κ1) is 26.2. The third kappa shape index (κ3) is 6.17. The number of ketones is 2. The molecule has 0 atom stereocenters. The van der Waals surface area contributed by atoms with Crippen molar-refractivity contribution in [3.63, 3.8) is 0 Å². The van der Waals surface area contributed by atoms with Gasteiger partial charge in [-0.05, 0) is 89.3 Å². The molecule has 2 fully saturated rings. The van der Waals surface area contributed by atoms with Crippen molar-refractivity contribution in [3.8, 4) is 0 Å². The largest absolute Gasteiger partial charge is 2.00 e. The number of hydrogen-bond acceptors (Lipinski definition) is 3. The zero-order valence-electron chi connectivity index (χ0n) is 19.1. The van der Waals surface area contributed by atoms with Gasteiger partial charge in [-0.15, -0.1) is 0 Å².